The quantitative estimate of drug-likeness (QED) is 0.726. The van der Waals surface area contributed by atoms with Gasteiger partial charge in [-0.3, -0.25) is 9.69 Å². The predicted octanol–water partition coefficient (Wildman–Crippen LogP) is 0.112. The molecule has 7 heteroatoms. The molecule has 1 N–H and O–H groups in total. The number of hydrogen-bond acceptors (Lipinski definition) is 6. The van der Waals surface area contributed by atoms with Crippen LogP contribution < -0.4 is 0 Å². The normalized spacial score (nSPS) is 28.1. The monoisotopic (exact) mass is 261 g/mol. The second kappa shape index (κ2) is 5.53. The van der Waals surface area contributed by atoms with E-state index in [-0.39, 0.29) is 13.0 Å². The summed E-state index contributed by atoms with van der Waals surface area (Å²) in [6.07, 6.45) is -3.42. The van der Waals surface area contributed by atoms with Gasteiger partial charge >= 0.3 is 6.09 Å². The number of amides is 1. The highest BCUT2D eigenvalue weighted by Gasteiger charge is 2.46. The molecule has 0 aromatic rings. The van der Waals surface area contributed by atoms with Crippen LogP contribution in [0, 0.1) is 0 Å². The zero-order valence-corrected chi connectivity index (χ0v) is 11.0. The minimum atomic E-state index is -1.27. The number of hydrogen-bond donors (Lipinski definition) is 1. The van der Waals surface area contributed by atoms with Crippen LogP contribution >= 0.6 is 0 Å². The Hall–Kier alpha value is -1.34. The van der Waals surface area contributed by atoms with Crippen LogP contribution in [0.5, 0.6) is 0 Å². The Morgan fingerprint density at radius 1 is 1.44 bits per heavy atom. The standard InChI is InChI=1S/C11H19NO6/c1-11(2,3)18-10(15)12-5-7(16-4)8(9(12)14)17-6-13/h6-9,14H,5H2,1-4H3/t7-,8-,9?/m1/s1. The van der Waals surface area contributed by atoms with E-state index in [0.717, 1.165) is 4.90 Å². The molecule has 0 saturated carbocycles. The van der Waals surface area contributed by atoms with E-state index in [1.54, 1.807) is 20.8 Å². The Labute approximate surface area is 106 Å². The molecule has 18 heavy (non-hydrogen) atoms. The van der Waals surface area contributed by atoms with Gasteiger partial charge in [0.2, 0.25) is 0 Å². The Morgan fingerprint density at radius 3 is 2.50 bits per heavy atom. The van der Waals surface area contributed by atoms with E-state index >= 15 is 0 Å². The maximum Gasteiger partial charge on any atom is 0.412 e. The van der Waals surface area contributed by atoms with Crippen molar-refractivity contribution in [2.45, 2.75) is 44.8 Å². The largest absolute Gasteiger partial charge is 0.457 e. The fourth-order valence-electron chi connectivity index (χ4n) is 1.71. The van der Waals surface area contributed by atoms with Gasteiger partial charge in [0.25, 0.3) is 6.47 Å². The summed E-state index contributed by atoms with van der Waals surface area (Å²) >= 11 is 0. The summed E-state index contributed by atoms with van der Waals surface area (Å²) in [5, 5.41) is 9.91. The summed E-state index contributed by atoms with van der Waals surface area (Å²) in [6, 6.07) is 0. The molecule has 1 amide bonds. The third-order valence-electron chi connectivity index (χ3n) is 2.50. The van der Waals surface area contributed by atoms with Crippen LogP contribution in [0.25, 0.3) is 0 Å². The Kier molecular flexibility index (Phi) is 4.53. The van der Waals surface area contributed by atoms with E-state index in [1.165, 1.54) is 7.11 Å². The van der Waals surface area contributed by atoms with Gasteiger partial charge in [-0.1, -0.05) is 0 Å². The van der Waals surface area contributed by atoms with Crippen molar-refractivity contribution in [1.29, 1.82) is 0 Å². The number of carbonyl (C=O) groups excluding carboxylic acids is 2. The lowest BCUT2D eigenvalue weighted by Gasteiger charge is -2.26. The molecule has 0 radical (unpaired) electrons. The first-order valence-corrected chi connectivity index (χ1v) is 5.59. The van der Waals surface area contributed by atoms with E-state index in [2.05, 4.69) is 0 Å². The van der Waals surface area contributed by atoms with Crippen LogP contribution in [0.4, 0.5) is 4.79 Å². The molecule has 104 valence electrons. The number of nitrogens with zero attached hydrogens (tertiary/aromatic N) is 1. The van der Waals surface area contributed by atoms with Crippen molar-refractivity contribution in [1.82, 2.24) is 4.90 Å². The number of rotatable bonds is 3. The number of carbonyl (C=O) groups is 2. The Morgan fingerprint density at radius 2 is 2.06 bits per heavy atom. The summed E-state index contributed by atoms with van der Waals surface area (Å²) in [4.78, 5) is 23.3. The van der Waals surface area contributed by atoms with Crippen molar-refractivity contribution >= 4 is 12.6 Å². The van der Waals surface area contributed by atoms with E-state index < -0.39 is 30.1 Å². The van der Waals surface area contributed by atoms with Crippen molar-refractivity contribution in [3.8, 4) is 0 Å². The number of methoxy groups -OCH3 is 1. The van der Waals surface area contributed by atoms with Gasteiger partial charge in [0.15, 0.2) is 12.3 Å². The highest BCUT2D eigenvalue weighted by Crippen LogP contribution is 2.23. The molecule has 1 aliphatic rings. The van der Waals surface area contributed by atoms with Crippen molar-refractivity contribution in [3.63, 3.8) is 0 Å². The first kappa shape index (κ1) is 14.7. The van der Waals surface area contributed by atoms with E-state index in [4.69, 9.17) is 14.2 Å². The lowest BCUT2D eigenvalue weighted by atomic mass is 10.2. The van der Waals surface area contributed by atoms with Crippen LogP contribution in [0.15, 0.2) is 0 Å². The Balaban J connectivity index is 2.73. The molecule has 0 aromatic carbocycles. The smallest absolute Gasteiger partial charge is 0.412 e. The van der Waals surface area contributed by atoms with Crippen LogP contribution in [0.3, 0.4) is 0 Å². The zero-order chi connectivity index (χ0) is 13.9. The average molecular weight is 261 g/mol. The molecule has 0 bridgehead atoms. The second-order valence-corrected chi connectivity index (χ2v) is 5.02. The first-order chi connectivity index (χ1) is 8.30. The van der Waals surface area contributed by atoms with E-state index in [1.807, 2.05) is 0 Å². The lowest BCUT2D eigenvalue weighted by Crippen LogP contribution is -2.43. The van der Waals surface area contributed by atoms with Gasteiger partial charge in [-0.15, -0.1) is 0 Å². The van der Waals surface area contributed by atoms with Crippen LogP contribution in [-0.2, 0) is 19.0 Å². The molecule has 1 saturated heterocycles. The van der Waals surface area contributed by atoms with Gasteiger partial charge in [-0.05, 0) is 20.8 Å². The fraction of sp³-hybridized carbons (Fsp3) is 0.818. The molecule has 0 aliphatic carbocycles. The molecule has 1 aliphatic heterocycles. The maximum atomic E-state index is 11.8. The van der Waals surface area contributed by atoms with Crippen LogP contribution in [0.2, 0.25) is 0 Å². The molecule has 1 fully saturated rings. The van der Waals surface area contributed by atoms with Crippen LogP contribution in [0.1, 0.15) is 20.8 Å². The summed E-state index contributed by atoms with van der Waals surface area (Å²) in [7, 11) is 1.41. The molecular weight excluding hydrogens is 242 g/mol. The number of aliphatic hydroxyl groups is 1. The van der Waals surface area contributed by atoms with Gasteiger partial charge in [-0.25, -0.2) is 4.79 Å². The van der Waals surface area contributed by atoms with Crippen molar-refractivity contribution < 1.29 is 28.9 Å². The summed E-state index contributed by atoms with van der Waals surface area (Å²) in [5.41, 5.74) is -0.664. The SMILES string of the molecule is CO[C@@H]1CN(C(=O)OC(C)(C)C)C(O)[C@@H]1OC=O. The molecule has 0 spiro atoms. The van der Waals surface area contributed by atoms with Gasteiger partial charge in [0, 0.05) is 7.11 Å². The highest BCUT2D eigenvalue weighted by molar-refractivity contribution is 5.69. The predicted molar refractivity (Wildman–Crippen MR) is 60.7 cm³/mol. The highest BCUT2D eigenvalue weighted by atomic mass is 16.6. The molecule has 1 rings (SSSR count). The van der Waals surface area contributed by atoms with Crippen molar-refractivity contribution in [2.75, 3.05) is 13.7 Å². The van der Waals surface area contributed by atoms with Crippen LogP contribution in [-0.4, -0.2) is 60.3 Å². The lowest BCUT2D eigenvalue weighted by molar-refractivity contribution is -0.148. The summed E-state index contributed by atoms with van der Waals surface area (Å²) in [6.45, 7) is 5.49. The first-order valence-electron chi connectivity index (χ1n) is 5.59. The van der Waals surface area contributed by atoms with Crippen molar-refractivity contribution in [3.05, 3.63) is 0 Å². The molecule has 1 unspecified atom stereocenters. The fourth-order valence-corrected chi connectivity index (χ4v) is 1.71. The average Bonchev–Trinajstić information content (AvgIpc) is 2.55. The number of aliphatic hydroxyl groups excluding tert-OH is 1. The number of ether oxygens (including phenoxy) is 3. The minimum absolute atomic E-state index is 0.102. The van der Waals surface area contributed by atoms with Gasteiger partial charge in [0.05, 0.1) is 6.54 Å². The van der Waals surface area contributed by atoms with Gasteiger partial charge < -0.3 is 19.3 Å². The molecular formula is C11H19NO6. The third kappa shape index (κ3) is 3.33. The van der Waals surface area contributed by atoms with Crippen molar-refractivity contribution in [2.24, 2.45) is 0 Å². The van der Waals surface area contributed by atoms with E-state index in [9.17, 15) is 14.7 Å². The molecule has 1 heterocycles. The second-order valence-electron chi connectivity index (χ2n) is 5.02. The summed E-state index contributed by atoms with van der Waals surface area (Å²) < 4.78 is 14.9. The number of likely N-dealkylation sites (tertiary alicyclic amines) is 1. The third-order valence-corrected chi connectivity index (χ3v) is 2.50. The van der Waals surface area contributed by atoms with E-state index in [0.29, 0.717) is 0 Å². The van der Waals surface area contributed by atoms with Gasteiger partial charge in [-0.2, -0.15) is 0 Å². The maximum absolute atomic E-state index is 11.8. The minimum Gasteiger partial charge on any atom is -0.457 e. The molecule has 7 nitrogen and oxygen atoms in total. The topological polar surface area (TPSA) is 85.3 Å². The Bertz CT molecular complexity index is 313. The summed E-state index contributed by atoms with van der Waals surface area (Å²) in [5.74, 6) is 0. The van der Waals surface area contributed by atoms with Gasteiger partial charge in [0.1, 0.15) is 11.7 Å². The molecule has 3 atom stereocenters. The molecule has 0 aromatic heterocycles. The zero-order valence-electron chi connectivity index (χ0n) is 11.0.